The van der Waals surface area contributed by atoms with E-state index in [0.29, 0.717) is 0 Å². The third-order valence-corrected chi connectivity index (χ3v) is 11.3. The Kier molecular flexibility index (Phi) is 5.51. The molecule has 1 aliphatic heterocycles. The Morgan fingerprint density at radius 3 is 2.26 bits per heavy atom. The molecule has 4 nitrogen and oxygen atoms in total. The second-order valence-electron chi connectivity index (χ2n) is 9.15. The highest BCUT2D eigenvalue weighted by molar-refractivity contribution is 6.74. The van der Waals surface area contributed by atoms with E-state index in [0.717, 1.165) is 38.8 Å². The van der Waals surface area contributed by atoms with Crippen LogP contribution in [0.5, 0.6) is 0 Å². The molecule has 1 saturated heterocycles. The molecule has 2 rings (SSSR count). The van der Waals surface area contributed by atoms with Crippen molar-refractivity contribution in [3.63, 3.8) is 0 Å². The molecule has 0 aromatic carbocycles. The van der Waals surface area contributed by atoms with Crippen molar-refractivity contribution in [2.24, 2.45) is 11.3 Å². The largest absolute Gasteiger partial charge is 0.437 e. The van der Waals surface area contributed by atoms with Crippen molar-refractivity contribution in [1.29, 1.82) is 0 Å². The van der Waals surface area contributed by atoms with Gasteiger partial charge < -0.3 is 19.1 Å². The lowest BCUT2D eigenvalue weighted by atomic mass is 9.68. The summed E-state index contributed by atoms with van der Waals surface area (Å²) in [6.45, 7) is 14.9. The molecule has 132 valence electrons. The van der Waals surface area contributed by atoms with Crippen LogP contribution in [0, 0.1) is 11.3 Å². The average Bonchev–Trinajstić information content (AvgIpc) is 2.75. The number of nitrogens with zero attached hydrogens (tertiary/aromatic N) is 1. The lowest BCUT2D eigenvalue weighted by Gasteiger charge is -2.44. The topological polar surface area (TPSA) is 49.8 Å². The summed E-state index contributed by atoms with van der Waals surface area (Å²) in [5, 5.41) is 9.94. The van der Waals surface area contributed by atoms with Crippen LogP contribution in [0.2, 0.25) is 25.0 Å². The van der Waals surface area contributed by atoms with Crippen molar-refractivity contribution >= 4 is 21.7 Å². The Labute approximate surface area is 143 Å². The molecule has 1 heterocycles. The highest BCUT2D eigenvalue weighted by atomic mass is 28.4. The first-order valence-electron chi connectivity index (χ1n) is 9.08. The molecule has 2 aliphatic rings. The molecule has 0 radical (unpaired) electrons. The molecule has 23 heavy (non-hydrogen) atoms. The molecule has 0 bridgehead atoms. The van der Waals surface area contributed by atoms with E-state index >= 15 is 0 Å². The fourth-order valence-corrected chi connectivity index (χ4v) is 5.39. The molecule has 2 fully saturated rings. The van der Waals surface area contributed by atoms with Crippen LogP contribution in [0.1, 0.15) is 46.5 Å². The highest BCUT2D eigenvalue weighted by Crippen LogP contribution is 2.52. The number of rotatable bonds is 4. The van der Waals surface area contributed by atoms with E-state index < -0.39 is 8.32 Å². The zero-order chi connectivity index (χ0) is 17.5. The smallest absolute Gasteiger partial charge is 0.376 e. The van der Waals surface area contributed by atoms with Crippen LogP contribution in [0.25, 0.3) is 0 Å². The van der Waals surface area contributed by atoms with E-state index in [1.807, 2.05) is 6.82 Å². The van der Waals surface area contributed by atoms with Gasteiger partial charge in [0.1, 0.15) is 6.29 Å². The highest BCUT2D eigenvalue weighted by Gasteiger charge is 2.52. The van der Waals surface area contributed by atoms with Gasteiger partial charge in [-0.3, -0.25) is 0 Å². The van der Waals surface area contributed by atoms with Gasteiger partial charge in [-0.25, -0.2) is 0 Å². The summed E-state index contributed by atoms with van der Waals surface area (Å²) in [5.41, 5.74) is 0.0974. The van der Waals surface area contributed by atoms with E-state index in [4.69, 9.17) is 4.43 Å². The van der Waals surface area contributed by atoms with E-state index in [1.165, 1.54) is 6.29 Å². The van der Waals surface area contributed by atoms with Gasteiger partial charge in [-0.2, -0.15) is 0 Å². The molecule has 1 aliphatic carbocycles. The molecule has 1 saturated carbocycles. The number of hydrogen-bond donors (Lipinski definition) is 1. The number of aldehydes is 1. The van der Waals surface area contributed by atoms with Crippen molar-refractivity contribution in [3.8, 4) is 0 Å². The van der Waals surface area contributed by atoms with Crippen molar-refractivity contribution in [2.45, 2.75) is 77.5 Å². The van der Waals surface area contributed by atoms with Crippen LogP contribution >= 0.6 is 0 Å². The standard InChI is InChI=1S/C17H34BNO3Si/c1-16(2,3)23(5,6)22-15-7-8-17(14(15)13-20)9-11-19(12-10-17)18(4)21/h13-15,21H,7-12H2,1-6H3. The van der Waals surface area contributed by atoms with Gasteiger partial charge in [0, 0.05) is 5.92 Å². The normalized spacial score (nSPS) is 29.0. The fourth-order valence-electron chi connectivity index (χ4n) is 4.02. The molecular formula is C17H34BNO3Si. The number of carbonyl (C=O) groups excluding carboxylic acids is 1. The van der Waals surface area contributed by atoms with Gasteiger partial charge >= 0.3 is 7.05 Å². The molecule has 2 atom stereocenters. The van der Waals surface area contributed by atoms with E-state index in [-0.39, 0.29) is 29.5 Å². The molecule has 6 heteroatoms. The van der Waals surface area contributed by atoms with E-state index in [9.17, 15) is 9.82 Å². The second-order valence-corrected chi connectivity index (χ2v) is 13.9. The number of hydrogen-bond acceptors (Lipinski definition) is 4. The Morgan fingerprint density at radius 2 is 1.83 bits per heavy atom. The van der Waals surface area contributed by atoms with Crippen LogP contribution in [0.4, 0.5) is 0 Å². The molecule has 0 amide bonds. The first-order valence-corrected chi connectivity index (χ1v) is 12.0. The molecule has 0 aromatic heterocycles. The minimum atomic E-state index is -1.85. The lowest BCUT2D eigenvalue weighted by Crippen LogP contribution is -2.50. The van der Waals surface area contributed by atoms with Crippen LogP contribution in [0.3, 0.4) is 0 Å². The minimum absolute atomic E-state index is 0.0211. The first kappa shape index (κ1) is 19.2. The predicted molar refractivity (Wildman–Crippen MR) is 97.9 cm³/mol. The summed E-state index contributed by atoms with van der Waals surface area (Å²) in [5.74, 6) is 0.0211. The SMILES string of the molecule is CB(O)N1CCC2(CCC(O[Si](C)(C)C(C)(C)C)C2C=O)CC1. The van der Waals surface area contributed by atoms with Gasteiger partial charge in [0.15, 0.2) is 8.32 Å². The van der Waals surface area contributed by atoms with E-state index in [1.54, 1.807) is 0 Å². The summed E-state index contributed by atoms with van der Waals surface area (Å²) in [7, 11) is -2.24. The second kappa shape index (κ2) is 6.62. The van der Waals surface area contributed by atoms with Gasteiger partial charge in [0.05, 0.1) is 6.10 Å². The monoisotopic (exact) mass is 339 g/mol. The maximum Gasteiger partial charge on any atom is 0.376 e. The van der Waals surface area contributed by atoms with Gasteiger partial charge in [0.25, 0.3) is 0 Å². The Bertz CT molecular complexity index is 428. The first-order chi connectivity index (χ1) is 10.5. The maximum absolute atomic E-state index is 11.9. The maximum atomic E-state index is 11.9. The van der Waals surface area contributed by atoms with Gasteiger partial charge in [-0.15, -0.1) is 0 Å². The molecular weight excluding hydrogens is 305 g/mol. The summed E-state index contributed by atoms with van der Waals surface area (Å²) in [6.07, 6.45) is 5.35. The summed E-state index contributed by atoms with van der Waals surface area (Å²) in [4.78, 5) is 14.0. The Hall–Kier alpha value is -0.168. The van der Waals surface area contributed by atoms with Crippen LogP contribution < -0.4 is 0 Å². The zero-order valence-electron chi connectivity index (χ0n) is 15.8. The third-order valence-electron chi connectivity index (χ3n) is 6.76. The van der Waals surface area contributed by atoms with E-state index in [2.05, 4.69) is 38.7 Å². The molecule has 1 spiro atoms. The molecule has 0 aromatic rings. The Balaban J connectivity index is 2.08. The van der Waals surface area contributed by atoms with Gasteiger partial charge in [-0.1, -0.05) is 20.8 Å². The quantitative estimate of drug-likeness (QED) is 0.631. The van der Waals surface area contributed by atoms with Crippen molar-refractivity contribution in [3.05, 3.63) is 0 Å². The summed E-state index contributed by atoms with van der Waals surface area (Å²) < 4.78 is 6.61. The van der Waals surface area contributed by atoms with Crippen LogP contribution in [-0.4, -0.2) is 50.7 Å². The zero-order valence-corrected chi connectivity index (χ0v) is 16.8. The predicted octanol–water partition coefficient (Wildman–Crippen LogP) is 3.18. The third kappa shape index (κ3) is 3.75. The van der Waals surface area contributed by atoms with Crippen molar-refractivity contribution in [1.82, 2.24) is 4.81 Å². The average molecular weight is 339 g/mol. The van der Waals surface area contributed by atoms with Crippen molar-refractivity contribution in [2.75, 3.05) is 13.1 Å². The number of piperidine rings is 1. The molecule has 2 unspecified atom stereocenters. The van der Waals surface area contributed by atoms with Gasteiger partial charge in [-0.05, 0) is 69.1 Å². The minimum Gasteiger partial charge on any atom is -0.437 e. The fraction of sp³-hybridized carbons (Fsp3) is 0.941. The Morgan fingerprint density at radius 1 is 1.26 bits per heavy atom. The number of carbonyl (C=O) groups is 1. The van der Waals surface area contributed by atoms with Crippen molar-refractivity contribution < 1.29 is 14.2 Å². The summed E-state index contributed by atoms with van der Waals surface area (Å²) in [6, 6.07) is 0. The lowest BCUT2D eigenvalue weighted by molar-refractivity contribution is -0.118. The summed E-state index contributed by atoms with van der Waals surface area (Å²) >= 11 is 0. The molecule has 1 N–H and O–H groups in total. The van der Waals surface area contributed by atoms with Crippen LogP contribution in [-0.2, 0) is 9.22 Å². The van der Waals surface area contributed by atoms with Gasteiger partial charge in [0.2, 0.25) is 0 Å². The van der Waals surface area contributed by atoms with Crippen LogP contribution in [0.15, 0.2) is 0 Å².